The molecule has 2 aliphatic heterocycles. The molecule has 3 heterocycles. The number of hydrogen-bond donors (Lipinski definition) is 0. The van der Waals surface area contributed by atoms with Gasteiger partial charge < -0.3 is 9.80 Å². The zero-order valence-electron chi connectivity index (χ0n) is 12.8. The van der Waals surface area contributed by atoms with Gasteiger partial charge in [-0.25, -0.2) is 4.98 Å². The Morgan fingerprint density at radius 3 is 2.35 bits per heavy atom. The summed E-state index contributed by atoms with van der Waals surface area (Å²) < 4.78 is 0. The highest BCUT2D eigenvalue weighted by Crippen LogP contribution is 2.24. The molecule has 2 aliphatic rings. The first-order valence-corrected chi connectivity index (χ1v) is 8.05. The highest BCUT2D eigenvalue weighted by molar-refractivity contribution is 5.44. The fraction of sp³-hybridized carbons (Fsp3) is 0.750. The summed E-state index contributed by atoms with van der Waals surface area (Å²) in [6.45, 7) is 9.12. The van der Waals surface area contributed by atoms with Crippen molar-refractivity contribution in [3.8, 4) is 0 Å². The molecular weight excluding hydrogens is 248 g/mol. The molecule has 0 amide bonds. The summed E-state index contributed by atoms with van der Waals surface area (Å²) >= 11 is 0. The Bertz CT molecular complexity index is 411. The largest absolute Gasteiger partial charge is 0.356 e. The van der Waals surface area contributed by atoms with Gasteiger partial charge in [0, 0.05) is 32.4 Å². The van der Waals surface area contributed by atoms with Gasteiger partial charge in [0.15, 0.2) is 0 Å². The average molecular weight is 274 g/mol. The van der Waals surface area contributed by atoms with Crippen molar-refractivity contribution in [2.75, 3.05) is 36.0 Å². The molecule has 2 fully saturated rings. The number of piperidine rings is 2. The van der Waals surface area contributed by atoms with Gasteiger partial charge in [-0.15, -0.1) is 0 Å². The third-order valence-electron chi connectivity index (χ3n) is 4.55. The number of rotatable bonds is 2. The van der Waals surface area contributed by atoms with Crippen LogP contribution in [0.15, 0.2) is 12.3 Å². The number of hydrogen-bond acceptors (Lipinski definition) is 4. The van der Waals surface area contributed by atoms with E-state index in [1.807, 2.05) is 6.20 Å². The van der Waals surface area contributed by atoms with E-state index >= 15 is 0 Å². The Morgan fingerprint density at radius 2 is 1.65 bits per heavy atom. The fourth-order valence-corrected chi connectivity index (χ4v) is 3.44. The lowest BCUT2D eigenvalue weighted by Gasteiger charge is -2.34. The molecule has 3 rings (SSSR count). The Kier molecular flexibility index (Phi) is 4.08. The van der Waals surface area contributed by atoms with Crippen molar-refractivity contribution >= 4 is 11.8 Å². The molecule has 20 heavy (non-hydrogen) atoms. The standard InChI is InChI=1S/C16H26N4/c1-13-5-3-9-19(11-13)15-7-8-17-16(18-15)20-10-4-6-14(2)12-20/h7-8,13-14H,3-6,9-12H2,1-2H3. The first kappa shape index (κ1) is 13.7. The van der Waals surface area contributed by atoms with Gasteiger partial charge in [-0.05, 0) is 43.6 Å². The minimum absolute atomic E-state index is 0.756. The van der Waals surface area contributed by atoms with Gasteiger partial charge in [0.05, 0.1) is 0 Å². The maximum atomic E-state index is 4.83. The average Bonchev–Trinajstić information content (AvgIpc) is 2.47. The summed E-state index contributed by atoms with van der Waals surface area (Å²) in [7, 11) is 0. The van der Waals surface area contributed by atoms with E-state index in [1.54, 1.807) is 0 Å². The molecule has 2 saturated heterocycles. The van der Waals surface area contributed by atoms with Crippen LogP contribution in [0.2, 0.25) is 0 Å². The van der Waals surface area contributed by atoms with E-state index in [4.69, 9.17) is 4.98 Å². The fourth-order valence-electron chi connectivity index (χ4n) is 3.44. The van der Waals surface area contributed by atoms with Crippen molar-refractivity contribution in [3.63, 3.8) is 0 Å². The van der Waals surface area contributed by atoms with Crippen LogP contribution in [0.4, 0.5) is 11.8 Å². The van der Waals surface area contributed by atoms with E-state index < -0.39 is 0 Å². The van der Waals surface area contributed by atoms with Crippen molar-refractivity contribution in [1.82, 2.24) is 9.97 Å². The minimum Gasteiger partial charge on any atom is -0.356 e. The Balaban J connectivity index is 1.75. The second kappa shape index (κ2) is 5.98. The number of anilines is 2. The van der Waals surface area contributed by atoms with Crippen LogP contribution in [0.5, 0.6) is 0 Å². The molecule has 1 aromatic rings. The van der Waals surface area contributed by atoms with Crippen LogP contribution >= 0.6 is 0 Å². The Labute approximate surface area is 122 Å². The van der Waals surface area contributed by atoms with Gasteiger partial charge in [-0.3, -0.25) is 0 Å². The third-order valence-corrected chi connectivity index (χ3v) is 4.55. The van der Waals surface area contributed by atoms with Gasteiger partial charge in [-0.2, -0.15) is 4.98 Å². The Morgan fingerprint density at radius 1 is 1.00 bits per heavy atom. The van der Waals surface area contributed by atoms with Gasteiger partial charge in [0.25, 0.3) is 0 Å². The quantitative estimate of drug-likeness (QED) is 0.830. The molecule has 0 radical (unpaired) electrons. The van der Waals surface area contributed by atoms with E-state index in [0.29, 0.717) is 0 Å². The van der Waals surface area contributed by atoms with Crippen molar-refractivity contribution in [3.05, 3.63) is 12.3 Å². The summed E-state index contributed by atoms with van der Waals surface area (Å²) in [5, 5.41) is 0. The summed E-state index contributed by atoms with van der Waals surface area (Å²) in [5.74, 6) is 3.57. The third kappa shape index (κ3) is 3.05. The second-order valence-corrected chi connectivity index (χ2v) is 6.60. The topological polar surface area (TPSA) is 32.3 Å². The molecule has 0 bridgehead atoms. The summed E-state index contributed by atoms with van der Waals surface area (Å²) in [6.07, 6.45) is 7.14. The molecule has 0 saturated carbocycles. The van der Waals surface area contributed by atoms with Gasteiger partial charge in [-0.1, -0.05) is 13.8 Å². The molecule has 0 aromatic carbocycles. The van der Waals surface area contributed by atoms with Crippen LogP contribution in [-0.2, 0) is 0 Å². The molecule has 2 atom stereocenters. The molecule has 0 aliphatic carbocycles. The van der Waals surface area contributed by atoms with Crippen LogP contribution < -0.4 is 9.80 Å². The molecule has 0 spiro atoms. The molecule has 4 nitrogen and oxygen atoms in total. The first-order chi connectivity index (χ1) is 9.72. The van der Waals surface area contributed by atoms with E-state index in [0.717, 1.165) is 49.8 Å². The van der Waals surface area contributed by atoms with Crippen molar-refractivity contribution in [2.24, 2.45) is 11.8 Å². The van der Waals surface area contributed by atoms with E-state index in [1.165, 1.54) is 25.7 Å². The smallest absolute Gasteiger partial charge is 0.227 e. The van der Waals surface area contributed by atoms with Crippen molar-refractivity contribution in [2.45, 2.75) is 39.5 Å². The van der Waals surface area contributed by atoms with E-state index in [9.17, 15) is 0 Å². The minimum atomic E-state index is 0.756. The van der Waals surface area contributed by atoms with Gasteiger partial charge >= 0.3 is 0 Å². The summed E-state index contributed by atoms with van der Waals surface area (Å²) in [5.41, 5.74) is 0. The van der Waals surface area contributed by atoms with Gasteiger partial charge in [0.1, 0.15) is 5.82 Å². The lowest BCUT2D eigenvalue weighted by Crippen LogP contribution is -2.37. The molecule has 0 N–H and O–H groups in total. The second-order valence-electron chi connectivity index (χ2n) is 6.60. The zero-order chi connectivity index (χ0) is 13.9. The molecule has 4 heteroatoms. The lowest BCUT2D eigenvalue weighted by atomic mass is 10.0. The number of nitrogens with zero attached hydrogens (tertiary/aromatic N) is 4. The van der Waals surface area contributed by atoms with E-state index in [2.05, 4.69) is 34.7 Å². The summed E-state index contributed by atoms with van der Waals surface area (Å²) in [4.78, 5) is 14.1. The van der Waals surface area contributed by atoms with Crippen molar-refractivity contribution in [1.29, 1.82) is 0 Å². The zero-order valence-corrected chi connectivity index (χ0v) is 12.8. The predicted octanol–water partition coefficient (Wildman–Crippen LogP) is 2.95. The van der Waals surface area contributed by atoms with Crippen molar-refractivity contribution < 1.29 is 0 Å². The van der Waals surface area contributed by atoms with E-state index in [-0.39, 0.29) is 0 Å². The lowest BCUT2D eigenvalue weighted by molar-refractivity contribution is 0.438. The highest BCUT2D eigenvalue weighted by Gasteiger charge is 2.21. The predicted molar refractivity (Wildman–Crippen MR) is 83.3 cm³/mol. The SMILES string of the molecule is CC1CCCN(c2ccnc(N3CCCC(C)C3)n2)C1. The maximum Gasteiger partial charge on any atom is 0.227 e. The van der Waals surface area contributed by atoms with Crippen LogP contribution in [0.25, 0.3) is 0 Å². The molecule has 1 aromatic heterocycles. The number of aromatic nitrogens is 2. The highest BCUT2D eigenvalue weighted by atomic mass is 15.3. The maximum absolute atomic E-state index is 4.83. The molecule has 2 unspecified atom stereocenters. The Hall–Kier alpha value is -1.32. The monoisotopic (exact) mass is 274 g/mol. The van der Waals surface area contributed by atoms with Crippen LogP contribution in [0.3, 0.4) is 0 Å². The van der Waals surface area contributed by atoms with Gasteiger partial charge in [0.2, 0.25) is 5.95 Å². The van der Waals surface area contributed by atoms with Crippen LogP contribution in [0.1, 0.15) is 39.5 Å². The van der Waals surface area contributed by atoms with Crippen LogP contribution in [-0.4, -0.2) is 36.1 Å². The van der Waals surface area contributed by atoms with Crippen LogP contribution in [0, 0.1) is 11.8 Å². The first-order valence-electron chi connectivity index (χ1n) is 8.05. The molecule has 110 valence electrons. The normalized spacial score (nSPS) is 27.7. The summed E-state index contributed by atoms with van der Waals surface area (Å²) in [6, 6.07) is 2.06. The molecular formula is C16H26N4.